The van der Waals surface area contributed by atoms with Crippen molar-refractivity contribution in [2.24, 2.45) is 0 Å². The predicted molar refractivity (Wildman–Crippen MR) is 76.4 cm³/mol. The van der Waals surface area contributed by atoms with E-state index in [9.17, 15) is 0 Å². The van der Waals surface area contributed by atoms with E-state index >= 15 is 0 Å². The molecule has 2 nitrogen and oxygen atoms in total. The predicted octanol–water partition coefficient (Wildman–Crippen LogP) is 3.20. The van der Waals surface area contributed by atoms with E-state index in [2.05, 4.69) is 43.1 Å². The average molecular weight is 238 g/mol. The SMILES string of the molecule is CCN(CC)CCCC(C)NC1C=CCCC1. The van der Waals surface area contributed by atoms with Crippen molar-refractivity contribution in [2.75, 3.05) is 19.6 Å². The number of allylic oxidation sites excluding steroid dienone is 1. The maximum atomic E-state index is 3.72. The molecule has 0 fully saturated rings. The van der Waals surface area contributed by atoms with Gasteiger partial charge in [0.05, 0.1) is 0 Å². The molecule has 100 valence electrons. The molecular formula is C15H30N2. The summed E-state index contributed by atoms with van der Waals surface area (Å²) in [7, 11) is 0. The maximum Gasteiger partial charge on any atom is 0.0252 e. The fraction of sp³-hybridized carbons (Fsp3) is 0.867. The zero-order valence-electron chi connectivity index (χ0n) is 11.9. The summed E-state index contributed by atoms with van der Waals surface area (Å²) >= 11 is 0. The minimum absolute atomic E-state index is 0.632. The van der Waals surface area contributed by atoms with Crippen molar-refractivity contribution in [3.8, 4) is 0 Å². The molecule has 2 atom stereocenters. The molecule has 0 aromatic heterocycles. The van der Waals surface area contributed by atoms with Crippen LogP contribution < -0.4 is 5.32 Å². The molecule has 1 aliphatic carbocycles. The quantitative estimate of drug-likeness (QED) is 0.653. The van der Waals surface area contributed by atoms with Crippen LogP contribution in [0.1, 0.15) is 52.9 Å². The minimum atomic E-state index is 0.632. The van der Waals surface area contributed by atoms with Crippen LogP contribution in [0.15, 0.2) is 12.2 Å². The molecule has 1 N–H and O–H groups in total. The fourth-order valence-corrected chi connectivity index (χ4v) is 2.56. The van der Waals surface area contributed by atoms with Gasteiger partial charge in [0.2, 0.25) is 0 Å². The molecule has 0 amide bonds. The highest BCUT2D eigenvalue weighted by atomic mass is 15.1. The first-order valence-electron chi connectivity index (χ1n) is 7.41. The molecule has 17 heavy (non-hydrogen) atoms. The molecule has 2 unspecified atom stereocenters. The van der Waals surface area contributed by atoms with Crippen molar-refractivity contribution < 1.29 is 0 Å². The Morgan fingerprint density at radius 1 is 1.35 bits per heavy atom. The molecule has 0 saturated carbocycles. The Morgan fingerprint density at radius 2 is 2.12 bits per heavy atom. The topological polar surface area (TPSA) is 15.3 Å². The molecule has 0 spiro atoms. The second-order valence-corrected chi connectivity index (χ2v) is 5.20. The van der Waals surface area contributed by atoms with Crippen molar-refractivity contribution in [2.45, 2.75) is 65.0 Å². The van der Waals surface area contributed by atoms with E-state index in [1.807, 2.05) is 0 Å². The van der Waals surface area contributed by atoms with Gasteiger partial charge in [-0.1, -0.05) is 26.0 Å². The van der Waals surface area contributed by atoms with Crippen molar-refractivity contribution in [3.05, 3.63) is 12.2 Å². The van der Waals surface area contributed by atoms with Crippen LogP contribution in [-0.2, 0) is 0 Å². The van der Waals surface area contributed by atoms with E-state index < -0.39 is 0 Å². The zero-order chi connectivity index (χ0) is 12.5. The number of rotatable bonds is 8. The second kappa shape index (κ2) is 8.71. The highest BCUT2D eigenvalue weighted by Gasteiger charge is 2.11. The fourth-order valence-electron chi connectivity index (χ4n) is 2.56. The van der Waals surface area contributed by atoms with Crippen molar-refractivity contribution in [1.82, 2.24) is 10.2 Å². The smallest absolute Gasteiger partial charge is 0.0252 e. The third-order valence-electron chi connectivity index (χ3n) is 3.76. The molecule has 1 aliphatic rings. The Labute approximate surface area is 107 Å². The van der Waals surface area contributed by atoms with Gasteiger partial charge in [0.1, 0.15) is 0 Å². The molecule has 2 heteroatoms. The number of hydrogen-bond acceptors (Lipinski definition) is 2. The lowest BCUT2D eigenvalue weighted by molar-refractivity contribution is 0.288. The van der Waals surface area contributed by atoms with Gasteiger partial charge in [-0.3, -0.25) is 0 Å². The third kappa shape index (κ3) is 6.23. The summed E-state index contributed by atoms with van der Waals surface area (Å²) in [5, 5.41) is 3.72. The first-order chi connectivity index (χ1) is 8.26. The Bertz CT molecular complexity index is 209. The van der Waals surface area contributed by atoms with E-state index in [-0.39, 0.29) is 0 Å². The van der Waals surface area contributed by atoms with E-state index in [0.29, 0.717) is 12.1 Å². The Balaban J connectivity index is 2.10. The van der Waals surface area contributed by atoms with Crippen molar-refractivity contribution in [3.63, 3.8) is 0 Å². The van der Waals surface area contributed by atoms with Gasteiger partial charge >= 0.3 is 0 Å². The van der Waals surface area contributed by atoms with E-state index in [4.69, 9.17) is 0 Å². The van der Waals surface area contributed by atoms with Gasteiger partial charge in [0, 0.05) is 12.1 Å². The summed E-state index contributed by atoms with van der Waals surface area (Å²) in [5.41, 5.74) is 0. The van der Waals surface area contributed by atoms with Crippen LogP contribution in [-0.4, -0.2) is 36.6 Å². The highest BCUT2D eigenvalue weighted by Crippen LogP contribution is 2.11. The molecule has 0 radical (unpaired) electrons. The van der Waals surface area contributed by atoms with E-state index in [0.717, 1.165) is 0 Å². The third-order valence-corrected chi connectivity index (χ3v) is 3.76. The number of hydrogen-bond donors (Lipinski definition) is 1. The van der Waals surface area contributed by atoms with Crippen LogP contribution in [0.5, 0.6) is 0 Å². The summed E-state index contributed by atoms with van der Waals surface area (Å²) in [6, 6.07) is 1.28. The van der Waals surface area contributed by atoms with Gasteiger partial charge in [-0.25, -0.2) is 0 Å². The number of nitrogens with one attached hydrogen (secondary N) is 1. The summed E-state index contributed by atoms with van der Waals surface area (Å²) < 4.78 is 0. The largest absolute Gasteiger partial charge is 0.308 e. The molecule has 0 aromatic rings. The van der Waals surface area contributed by atoms with Gasteiger partial charge in [0.15, 0.2) is 0 Å². The van der Waals surface area contributed by atoms with Crippen LogP contribution in [0.25, 0.3) is 0 Å². The average Bonchev–Trinajstić information content (AvgIpc) is 2.36. The van der Waals surface area contributed by atoms with Crippen molar-refractivity contribution in [1.29, 1.82) is 0 Å². The van der Waals surface area contributed by atoms with E-state index in [1.54, 1.807) is 0 Å². The Hall–Kier alpha value is -0.340. The first kappa shape index (κ1) is 14.7. The lowest BCUT2D eigenvalue weighted by Gasteiger charge is -2.24. The lowest BCUT2D eigenvalue weighted by atomic mass is 10.0. The highest BCUT2D eigenvalue weighted by molar-refractivity contribution is 4.98. The lowest BCUT2D eigenvalue weighted by Crippen LogP contribution is -2.36. The number of nitrogens with zero attached hydrogens (tertiary/aromatic N) is 1. The minimum Gasteiger partial charge on any atom is -0.308 e. The summed E-state index contributed by atoms with van der Waals surface area (Å²) in [6.07, 6.45) is 11.2. The molecular weight excluding hydrogens is 208 g/mol. The van der Waals surface area contributed by atoms with Crippen LogP contribution in [0.4, 0.5) is 0 Å². The monoisotopic (exact) mass is 238 g/mol. The van der Waals surface area contributed by atoms with Crippen LogP contribution >= 0.6 is 0 Å². The molecule has 0 heterocycles. The Morgan fingerprint density at radius 3 is 2.71 bits per heavy atom. The molecule has 0 aliphatic heterocycles. The zero-order valence-corrected chi connectivity index (χ0v) is 11.9. The van der Waals surface area contributed by atoms with Gasteiger partial charge in [0.25, 0.3) is 0 Å². The standard InChI is InChI=1S/C15H30N2/c1-4-17(5-2)13-9-10-14(3)16-15-11-7-6-8-12-15/h7,11,14-16H,4-6,8-10,12-13H2,1-3H3. The summed E-state index contributed by atoms with van der Waals surface area (Å²) in [6.45, 7) is 10.4. The molecule has 1 rings (SSSR count). The van der Waals surface area contributed by atoms with E-state index in [1.165, 1.54) is 51.7 Å². The van der Waals surface area contributed by atoms with Gasteiger partial charge < -0.3 is 10.2 Å². The summed E-state index contributed by atoms with van der Waals surface area (Å²) in [4.78, 5) is 2.51. The molecule has 0 saturated heterocycles. The van der Waals surface area contributed by atoms with Gasteiger partial charge in [-0.2, -0.15) is 0 Å². The molecule has 0 bridgehead atoms. The first-order valence-corrected chi connectivity index (χ1v) is 7.41. The van der Waals surface area contributed by atoms with Crippen LogP contribution in [0.3, 0.4) is 0 Å². The van der Waals surface area contributed by atoms with Crippen molar-refractivity contribution >= 4 is 0 Å². The second-order valence-electron chi connectivity index (χ2n) is 5.20. The maximum absolute atomic E-state index is 3.72. The Kier molecular flexibility index (Phi) is 7.54. The summed E-state index contributed by atoms with van der Waals surface area (Å²) in [5.74, 6) is 0. The van der Waals surface area contributed by atoms with Gasteiger partial charge in [-0.15, -0.1) is 0 Å². The van der Waals surface area contributed by atoms with Crippen LogP contribution in [0.2, 0.25) is 0 Å². The van der Waals surface area contributed by atoms with Crippen LogP contribution in [0, 0.1) is 0 Å². The normalized spacial score (nSPS) is 22.0. The van der Waals surface area contributed by atoms with Gasteiger partial charge in [-0.05, 0) is 58.7 Å². The molecule has 0 aromatic carbocycles.